The standard InChI is InChI=1S/C25H22ClF3N4O3/c1-36-19-8-15(11-30-14-19)22(34)10-24(6-7-24)23(35)32-12-17-3-4-18(13-31-17)33-21-5-2-16(26)9-20(21)25(27,28)29/h2-5,8-9,11,13-14,33H,6-7,10,12H2,1H3,(H,32,35). The summed E-state index contributed by atoms with van der Waals surface area (Å²) in [5, 5.41) is 5.48. The molecule has 4 rings (SSSR count). The van der Waals surface area contributed by atoms with E-state index in [1.807, 2.05) is 0 Å². The van der Waals surface area contributed by atoms with Gasteiger partial charge in [0.05, 0.1) is 54.1 Å². The van der Waals surface area contributed by atoms with Gasteiger partial charge in [-0.25, -0.2) is 0 Å². The predicted octanol–water partition coefficient (Wildman–Crippen LogP) is 5.57. The van der Waals surface area contributed by atoms with Crippen LogP contribution in [-0.2, 0) is 17.5 Å². The summed E-state index contributed by atoms with van der Waals surface area (Å²) in [6.45, 7) is 0.116. The first kappa shape index (κ1) is 25.4. The summed E-state index contributed by atoms with van der Waals surface area (Å²) >= 11 is 5.71. The van der Waals surface area contributed by atoms with Crippen LogP contribution in [0.5, 0.6) is 5.75 Å². The van der Waals surface area contributed by atoms with Crippen LogP contribution < -0.4 is 15.4 Å². The molecular formula is C25H22ClF3N4O3. The number of rotatable bonds is 9. The molecule has 1 aliphatic carbocycles. The Morgan fingerprint density at radius 3 is 2.53 bits per heavy atom. The topological polar surface area (TPSA) is 93.2 Å². The zero-order valence-electron chi connectivity index (χ0n) is 19.2. The number of carbonyl (C=O) groups excluding carboxylic acids is 2. The van der Waals surface area contributed by atoms with Crippen molar-refractivity contribution in [2.75, 3.05) is 12.4 Å². The average molecular weight is 519 g/mol. The minimum absolute atomic E-state index is 0.0209. The lowest BCUT2D eigenvalue weighted by Crippen LogP contribution is -2.33. The van der Waals surface area contributed by atoms with Crippen molar-refractivity contribution in [2.45, 2.75) is 32.0 Å². The van der Waals surface area contributed by atoms with Gasteiger partial charge < -0.3 is 15.4 Å². The number of Topliss-reactive ketones (excluding diaryl/α,β-unsaturated/α-hetero) is 1. The lowest BCUT2D eigenvalue weighted by Gasteiger charge is -2.16. The Labute approximate surface area is 210 Å². The number of halogens is 4. The summed E-state index contributed by atoms with van der Waals surface area (Å²) in [5.41, 5.74) is -0.562. The van der Waals surface area contributed by atoms with E-state index >= 15 is 0 Å². The number of ether oxygens (including phenoxy) is 1. The number of hydrogen-bond acceptors (Lipinski definition) is 6. The zero-order valence-corrected chi connectivity index (χ0v) is 19.9. The van der Waals surface area contributed by atoms with Gasteiger partial charge in [-0.1, -0.05) is 11.6 Å². The van der Waals surface area contributed by atoms with Crippen LogP contribution in [0.15, 0.2) is 55.0 Å². The van der Waals surface area contributed by atoms with Crippen molar-refractivity contribution in [2.24, 2.45) is 5.41 Å². The third-order valence-corrected chi connectivity index (χ3v) is 6.16. The van der Waals surface area contributed by atoms with Crippen LogP contribution in [0, 0.1) is 5.41 Å². The Morgan fingerprint density at radius 2 is 1.89 bits per heavy atom. The highest BCUT2D eigenvalue weighted by Gasteiger charge is 2.51. The maximum atomic E-state index is 13.3. The van der Waals surface area contributed by atoms with Crippen LogP contribution >= 0.6 is 11.6 Å². The number of benzene rings is 1. The summed E-state index contributed by atoms with van der Waals surface area (Å²) in [7, 11) is 1.48. The van der Waals surface area contributed by atoms with Crippen molar-refractivity contribution in [3.05, 3.63) is 76.8 Å². The van der Waals surface area contributed by atoms with Gasteiger partial charge >= 0.3 is 6.18 Å². The third kappa shape index (κ3) is 5.93. The number of nitrogens with zero attached hydrogens (tertiary/aromatic N) is 2. The van der Waals surface area contributed by atoms with E-state index < -0.39 is 17.2 Å². The molecule has 0 aliphatic heterocycles. The summed E-state index contributed by atoms with van der Waals surface area (Å²) in [6, 6.07) is 8.21. The SMILES string of the molecule is COc1cncc(C(=O)CC2(C(=O)NCc3ccc(Nc4ccc(Cl)cc4C(F)(F)F)cn3)CC2)c1. The van der Waals surface area contributed by atoms with Gasteiger partial charge in [-0.2, -0.15) is 13.2 Å². The predicted molar refractivity (Wildman–Crippen MR) is 127 cm³/mol. The summed E-state index contributed by atoms with van der Waals surface area (Å²) in [6.07, 6.45) is 1.000. The third-order valence-electron chi connectivity index (χ3n) is 5.93. The normalized spacial score (nSPS) is 14.1. The van der Waals surface area contributed by atoms with Gasteiger partial charge in [-0.3, -0.25) is 19.6 Å². The van der Waals surface area contributed by atoms with Crippen LogP contribution in [-0.4, -0.2) is 28.8 Å². The average Bonchev–Trinajstić information content (AvgIpc) is 3.64. The van der Waals surface area contributed by atoms with Crippen molar-refractivity contribution in [1.29, 1.82) is 0 Å². The first-order valence-corrected chi connectivity index (χ1v) is 11.4. The lowest BCUT2D eigenvalue weighted by atomic mass is 9.95. The quantitative estimate of drug-likeness (QED) is 0.360. The second-order valence-electron chi connectivity index (χ2n) is 8.53. The van der Waals surface area contributed by atoms with E-state index in [1.165, 1.54) is 37.8 Å². The van der Waals surface area contributed by atoms with Crippen molar-refractivity contribution in [3.8, 4) is 5.75 Å². The van der Waals surface area contributed by atoms with Gasteiger partial charge in [0.15, 0.2) is 5.78 Å². The largest absolute Gasteiger partial charge is 0.495 e. The molecule has 2 N–H and O–H groups in total. The van der Waals surface area contributed by atoms with Gasteiger partial charge in [-0.15, -0.1) is 0 Å². The second kappa shape index (κ2) is 10.1. The van der Waals surface area contributed by atoms with E-state index in [-0.39, 0.29) is 35.4 Å². The summed E-state index contributed by atoms with van der Waals surface area (Å²) in [5.74, 6) is 0.0274. The summed E-state index contributed by atoms with van der Waals surface area (Å²) in [4.78, 5) is 33.7. The minimum Gasteiger partial charge on any atom is -0.495 e. The van der Waals surface area contributed by atoms with Gasteiger partial charge in [0.1, 0.15) is 5.75 Å². The van der Waals surface area contributed by atoms with Crippen molar-refractivity contribution in [3.63, 3.8) is 0 Å². The van der Waals surface area contributed by atoms with Crippen LogP contribution in [0.1, 0.15) is 40.9 Å². The molecule has 0 radical (unpaired) electrons. The van der Waals surface area contributed by atoms with E-state index in [1.54, 1.807) is 18.2 Å². The molecule has 188 valence electrons. The molecule has 7 nitrogen and oxygen atoms in total. The number of hydrogen-bond donors (Lipinski definition) is 2. The highest BCUT2D eigenvalue weighted by Crippen LogP contribution is 2.49. The molecule has 0 spiro atoms. The lowest BCUT2D eigenvalue weighted by molar-refractivity contribution is -0.137. The van der Waals surface area contributed by atoms with Crippen molar-refractivity contribution in [1.82, 2.24) is 15.3 Å². The molecule has 0 bridgehead atoms. The fourth-order valence-corrected chi connectivity index (χ4v) is 3.88. The van der Waals surface area contributed by atoms with Crippen molar-refractivity contribution < 1.29 is 27.5 Å². The molecule has 1 aliphatic rings. The van der Waals surface area contributed by atoms with E-state index in [0.29, 0.717) is 35.5 Å². The van der Waals surface area contributed by atoms with Crippen LogP contribution in [0.25, 0.3) is 0 Å². The smallest absolute Gasteiger partial charge is 0.418 e. The first-order valence-electron chi connectivity index (χ1n) is 11.0. The fraction of sp³-hybridized carbons (Fsp3) is 0.280. The number of methoxy groups -OCH3 is 1. The number of amides is 1. The molecule has 1 fully saturated rings. The number of carbonyl (C=O) groups is 2. The molecule has 11 heteroatoms. The highest BCUT2D eigenvalue weighted by atomic mass is 35.5. The second-order valence-corrected chi connectivity index (χ2v) is 8.96. The van der Waals surface area contributed by atoms with E-state index in [9.17, 15) is 22.8 Å². The number of pyridine rings is 2. The van der Waals surface area contributed by atoms with Gasteiger partial charge in [-0.05, 0) is 49.2 Å². The monoisotopic (exact) mass is 518 g/mol. The van der Waals surface area contributed by atoms with Gasteiger partial charge in [0.25, 0.3) is 0 Å². The number of nitrogens with one attached hydrogen (secondary N) is 2. The molecule has 0 unspecified atom stereocenters. The number of anilines is 2. The Hall–Kier alpha value is -3.66. The van der Waals surface area contributed by atoms with Gasteiger partial charge in [0, 0.05) is 23.2 Å². The van der Waals surface area contributed by atoms with E-state index in [2.05, 4.69) is 20.6 Å². The molecule has 1 amide bonds. The molecule has 1 saturated carbocycles. The molecule has 0 saturated heterocycles. The first-order chi connectivity index (χ1) is 17.1. The maximum absolute atomic E-state index is 13.3. The van der Waals surface area contributed by atoms with Crippen LogP contribution in [0.4, 0.5) is 24.5 Å². The minimum atomic E-state index is -4.58. The van der Waals surface area contributed by atoms with Gasteiger partial charge in [0.2, 0.25) is 5.91 Å². The zero-order chi connectivity index (χ0) is 25.9. The molecule has 3 aromatic rings. The number of aromatic nitrogens is 2. The van der Waals surface area contributed by atoms with Crippen LogP contribution in [0.3, 0.4) is 0 Å². The van der Waals surface area contributed by atoms with E-state index in [0.717, 1.165) is 6.07 Å². The molecule has 2 aromatic heterocycles. The molecule has 0 atom stereocenters. The Kier molecular flexibility index (Phi) is 7.16. The Bertz CT molecular complexity index is 1280. The molecule has 2 heterocycles. The van der Waals surface area contributed by atoms with Crippen LogP contribution in [0.2, 0.25) is 5.02 Å². The highest BCUT2D eigenvalue weighted by molar-refractivity contribution is 6.30. The maximum Gasteiger partial charge on any atom is 0.418 e. The van der Waals surface area contributed by atoms with Crippen molar-refractivity contribution >= 4 is 34.7 Å². The molecule has 36 heavy (non-hydrogen) atoms. The fourth-order valence-electron chi connectivity index (χ4n) is 3.70. The molecular weight excluding hydrogens is 497 g/mol. The van der Waals surface area contributed by atoms with E-state index in [4.69, 9.17) is 16.3 Å². The Balaban J connectivity index is 1.35. The summed E-state index contributed by atoms with van der Waals surface area (Å²) < 4.78 is 45.0. The number of alkyl halides is 3. The Morgan fingerprint density at radius 1 is 1.11 bits per heavy atom. The molecule has 1 aromatic carbocycles. The number of ketones is 1.